The first-order chi connectivity index (χ1) is 35.2. The Balaban J connectivity index is 3.39. The van der Waals surface area contributed by atoms with Gasteiger partial charge >= 0.3 is 0 Å². The minimum absolute atomic E-state index is 0.0237. The summed E-state index contributed by atoms with van der Waals surface area (Å²) >= 11 is 0. The Kier molecular flexibility index (Phi) is 61.2. The Morgan fingerprint density at radius 1 is 0.352 bits per heavy atom. The second-order valence-corrected chi connectivity index (χ2v) is 22.2. The molecule has 0 spiro atoms. The van der Waals surface area contributed by atoms with E-state index < -0.39 is 12.1 Å². The summed E-state index contributed by atoms with van der Waals surface area (Å²) in [5.41, 5.74) is 0. The van der Waals surface area contributed by atoms with Crippen molar-refractivity contribution in [3.63, 3.8) is 0 Å². The van der Waals surface area contributed by atoms with E-state index in [0.717, 1.165) is 51.4 Å². The van der Waals surface area contributed by atoms with Crippen molar-refractivity contribution in [3.8, 4) is 0 Å². The maximum Gasteiger partial charge on any atom is 0.220 e. The summed E-state index contributed by atoms with van der Waals surface area (Å²) in [4.78, 5) is 12.5. The summed E-state index contributed by atoms with van der Waals surface area (Å²) in [6.07, 6.45) is 87.2. The third kappa shape index (κ3) is 59.1. The molecule has 0 aliphatic heterocycles. The molecule has 71 heavy (non-hydrogen) atoms. The number of aliphatic hydroxyl groups excluding tert-OH is 2. The van der Waals surface area contributed by atoms with Crippen LogP contribution in [-0.2, 0) is 4.79 Å². The van der Waals surface area contributed by atoms with E-state index in [-0.39, 0.29) is 12.5 Å². The van der Waals surface area contributed by atoms with Crippen LogP contribution in [0.25, 0.3) is 0 Å². The number of nitrogens with one attached hydrogen (secondary N) is 1. The molecule has 0 aliphatic carbocycles. The first-order valence-electron chi connectivity index (χ1n) is 32.3. The Morgan fingerprint density at radius 3 is 0.930 bits per heavy atom. The molecule has 3 N–H and O–H groups in total. The maximum absolute atomic E-state index is 12.5. The Bertz CT molecular complexity index is 1130. The van der Waals surface area contributed by atoms with E-state index in [1.807, 2.05) is 0 Å². The molecule has 418 valence electrons. The molecule has 0 aromatic rings. The Hall–Kier alpha value is -1.65. The molecule has 0 rings (SSSR count). The van der Waals surface area contributed by atoms with Crippen molar-refractivity contribution >= 4 is 5.91 Å². The van der Waals surface area contributed by atoms with Crippen LogP contribution < -0.4 is 5.32 Å². The van der Waals surface area contributed by atoms with Crippen LogP contribution in [0, 0.1) is 0 Å². The third-order valence-corrected chi connectivity index (χ3v) is 15.1. The van der Waals surface area contributed by atoms with Gasteiger partial charge in [-0.05, 0) is 51.4 Å². The van der Waals surface area contributed by atoms with Crippen molar-refractivity contribution in [1.29, 1.82) is 0 Å². The topological polar surface area (TPSA) is 69.6 Å². The lowest BCUT2D eigenvalue weighted by atomic mass is 10.0. The molecule has 0 saturated heterocycles. The summed E-state index contributed by atoms with van der Waals surface area (Å²) in [5, 5.41) is 23.4. The lowest BCUT2D eigenvalue weighted by Crippen LogP contribution is -2.45. The van der Waals surface area contributed by atoms with E-state index in [1.54, 1.807) is 0 Å². The first kappa shape index (κ1) is 69.3. The predicted octanol–water partition coefficient (Wildman–Crippen LogP) is 21.8. The highest BCUT2D eigenvalue weighted by Gasteiger charge is 2.20. The predicted molar refractivity (Wildman–Crippen MR) is 318 cm³/mol. The van der Waals surface area contributed by atoms with E-state index >= 15 is 0 Å². The zero-order valence-corrected chi connectivity index (χ0v) is 48.3. The lowest BCUT2D eigenvalue weighted by Gasteiger charge is -2.22. The molecule has 0 aromatic carbocycles. The monoisotopic (exact) mass is 994 g/mol. The standard InChI is InChI=1S/C67H127NO3/c1-3-5-7-9-11-13-15-17-19-21-23-25-27-28-29-30-31-32-33-34-35-36-37-38-39-40-41-43-45-47-49-51-53-55-57-59-61-63-67(71)68-65(64-69)66(70)62-60-58-56-54-52-50-48-46-44-42-26-24-22-20-18-16-14-12-10-8-6-4-2/h5,7,11,13,17,19,23,25,65-66,69-70H,3-4,6,8-10,12,14-16,18,20-22,24,26-64H2,1-2H3,(H,68,71)/b7-5-,13-11-,19-17-,25-23-. The summed E-state index contributed by atoms with van der Waals surface area (Å²) in [7, 11) is 0. The number of aliphatic hydroxyl groups is 2. The number of unbranched alkanes of at least 4 members (excludes halogenated alkanes) is 45. The van der Waals surface area contributed by atoms with Crippen molar-refractivity contribution in [2.45, 2.75) is 366 Å². The van der Waals surface area contributed by atoms with Gasteiger partial charge in [-0.15, -0.1) is 0 Å². The Labute approximate surface area is 445 Å². The fourth-order valence-corrected chi connectivity index (χ4v) is 10.2. The summed E-state index contributed by atoms with van der Waals surface area (Å²) in [5.74, 6) is -0.0237. The van der Waals surface area contributed by atoms with Crippen molar-refractivity contribution < 1.29 is 15.0 Å². The molecule has 0 fully saturated rings. The fraction of sp³-hybridized carbons (Fsp3) is 0.866. The molecule has 4 nitrogen and oxygen atoms in total. The highest BCUT2D eigenvalue weighted by Crippen LogP contribution is 2.19. The zero-order valence-electron chi connectivity index (χ0n) is 48.3. The molecule has 0 saturated carbocycles. The maximum atomic E-state index is 12.5. The molecule has 2 atom stereocenters. The van der Waals surface area contributed by atoms with Crippen molar-refractivity contribution in [3.05, 3.63) is 48.6 Å². The van der Waals surface area contributed by atoms with Crippen LogP contribution in [0.2, 0.25) is 0 Å². The molecule has 0 bridgehead atoms. The molecule has 0 radical (unpaired) electrons. The minimum atomic E-state index is -0.659. The first-order valence-corrected chi connectivity index (χ1v) is 32.3. The van der Waals surface area contributed by atoms with Crippen LogP contribution in [0.15, 0.2) is 48.6 Å². The number of hydrogen-bond acceptors (Lipinski definition) is 3. The number of allylic oxidation sites excluding steroid dienone is 8. The van der Waals surface area contributed by atoms with Crippen LogP contribution in [0.5, 0.6) is 0 Å². The lowest BCUT2D eigenvalue weighted by molar-refractivity contribution is -0.123. The molecule has 0 aliphatic rings. The van der Waals surface area contributed by atoms with Gasteiger partial charge in [-0.2, -0.15) is 0 Å². The molecule has 0 aromatic heterocycles. The minimum Gasteiger partial charge on any atom is -0.394 e. The quantitative estimate of drug-likeness (QED) is 0.0420. The number of rotatable bonds is 60. The van der Waals surface area contributed by atoms with Gasteiger partial charge in [0.05, 0.1) is 18.8 Å². The van der Waals surface area contributed by atoms with Crippen LogP contribution in [0.1, 0.15) is 354 Å². The van der Waals surface area contributed by atoms with Gasteiger partial charge in [-0.1, -0.05) is 345 Å². The molecular weight excluding hydrogens is 867 g/mol. The summed E-state index contributed by atoms with van der Waals surface area (Å²) < 4.78 is 0. The number of hydrogen-bond donors (Lipinski definition) is 3. The van der Waals surface area contributed by atoms with Gasteiger partial charge in [0, 0.05) is 6.42 Å². The largest absolute Gasteiger partial charge is 0.394 e. The second-order valence-electron chi connectivity index (χ2n) is 22.2. The fourth-order valence-electron chi connectivity index (χ4n) is 10.2. The van der Waals surface area contributed by atoms with Crippen LogP contribution in [-0.4, -0.2) is 34.9 Å². The van der Waals surface area contributed by atoms with Gasteiger partial charge in [-0.25, -0.2) is 0 Å². The molecule has 2 unspecified atom stereocenters. The third-order valence-electron chi connectivity index (χ3n) is 15.1. The number of carbonyl (C=O) groups excluding carboxylic acids is 1. The van der Waals surface area contributed by atoms with Crippen LogP contribution >= 0.6 is 0 Å². The number of carbonyl (C=O) groups is 1. The van der Waals surface area contributed by atoms with E-state index in [9.17, 15) is 15.0 Å². The van der Waals surface area contributed by atoms with Crippen molar-refractivity contribution in [1.82, 2.24) is 5.32 Å². The molecule has 0 heterocycles. The highest BCUT2D eigenvalue weighted by atomic mass is 16.3. The van der Waals surface area contributed by atoms with Crippen LogP contribution in [0.3, 0.4) is 0 Å². The van der Waals surface area contributed by atoms with Gasteiger partial charge in [-0.3, -0.25) is 4.79 Å². The Morgan fingerprint density at radius 2 is 0.620 bits per heavy atom. The van der Waals surface area contributed by atoms with Crippen molar-refractivity contribution in [2.24, 2.45) is 0 Å². The zero-order chi connectivity index (χ0) is 51.3. The normalized spacial score (nSPS) is 13.0. The van der Waals surface area contributed by atoms with Crippen molar-refractivity contribution in [2.75, 3.05) is 6.61 Å². The van der Waals surface area contributed by atoms with Gasteiger partial charge in [0.1, 0.15) is 0 Å². The van der Waals surface area contributed by atoms with E-state index in [0.29, 0.717) is 12.8 Å². The van der Waals surface area contributed by atoms with Crippen LogP contribution in [0.4, 0.5) is 0 Å². The molecule has 1 amide bonds. The average Bonchev–Trinajstić information content (AvgIpc) is 3.37. The highest BCUT2D eigenvalue weighted by molar-refractivity contribution is 5.76. The van der Waals surface area contributed by atoms with Gasteiger partial charge in [0.15, 0.2) is 0 Å². The summed E-state index contributed by atoms with van der Waals surface area (Å²) in [6, 6.07) is -0.536. The second kappa shape index (κ2) is 62.6. The van der Waals surface area contributed by atoms with E-state index in [2.05, 4.69) is 67.8 Å². The average molecular weight is 995 g/mol. The molecule has 4 heteroatoms. The molecular formula is C67H127NO3. The van der Waals surface area contributed by atoms with Gasteiger partial charge in [0.2, 0.25) is 5.91 Å². The van der Waals surface area contributed by atoms with Gasteiger partial charge in [0.25, 0.3) is 0 Å². The SMILES string of the molecule is CC/C=C\C/C=C\C/C=C\C/C=C\CCCCCCCCCCCCCCCCCCCCCCCCCCC(=O)NC(CO)C(O)CCCCCCCCCCCCCCCCCCCCCCCC. The van der Waals surface area contributed by atoms with E-state index in [1.165, 1.54) is 276 Å². The summed E-state index contributed by atoms with van der Waals surface area (Å²) in [6.45, 7) is 4.28. The number of amides is 1. The van der Waals surface area contributed by atoms with Gasteiger partial charge < -0.3 is 15.5 Å². The van der Waals surface area contributed by atoms with E-state index in [4.69, 9.17) is 0 Å². The smallest absolute Gasteiger partial charge is 0.220 e.